The van der Waals surface area contributed by atoms with E-state index in [-0.39, 0.29) is 10.6 Å². The molecule has 1 heterocycles. The highest BCUT2D eigenvalue weighted by atomic mass is 32.2. The Kier molecular flexibility index (Phi) is 4.24. The molecule has 0 saturated carbocycles. The van der Waals surface area contributed by atoms with Gasteiger partial charge in [0.15, 0.2) is 11.6 Å². The zero-order valence-corrected chi connectivity index (χ0v) is 12.0. The van der Waals surface area contributed by atoms with E-state index in [2.05, 4.69) is 0 Å². The molecule has 0 aliphatic carbocycles. The Morgan fingerprint density at radius 1 is 1.24 bits per heavy atom. The number of hydrogen-bond acceptors (Lipinski definition) is 4. The van der Waals surface area contributed by atoms with Gasteiger partial charge in [0, 0.05) is 4.88 Å². The molecule has 21 heavy (non-hydrogen) atoms. The maximum absolute atomic E-state index is 13.4. The molecule has 1 aromatic heterocycles. The Morgan fingerprint density at radius 3 is 2.62 bits per heavy atom. The molecule has 0 radical (unpaired) electrons. The first-order chi connectivity index (χ1) is 9.79. The summed E-state index contributed by atoms with van der Waals surface area (Å²) in [5.41, 5.74) is -0.511. The van der Waals surface area contributed by atoms with E-state index in [9.17, 15) is 22.0 Å². The van der Waals surface area contributed by atoms with Crippen LogP contribution in [0.15, 0.2) is 34.5 Å². The molecule has 0 atom stereocenters. The standard InChI is InChI=1S/C12H9F2NO4S2/c13-8-2-1-3-9(12(8)14)15-21(18,19)11-5-4-7(20-11)6-10(16)17/h1-5,15H,6H2,(H,16,17). The van der Waals surface area contributed by atoms with Crippen LogP contribution in [-0.4, -0.2) is 19.5 Å². The molecule has 9 heteroatoms. The number of nitrogens with one attached hydrogen (secondary N) is 1. The quantitative estimate of drug-likeness (QED) is 0.880. The Labute approximate surface area is 122 Å². The number of anilines is 1. The summed E-state index contributed by atoms with van der Waals surface area (Å²) in [6.45, 7) is 0. The van der Waals surface area contributed by atoms with Crippen molar-refractivity contribution in [3.05, 3.63) is 46.8 Å². The van der Waals surface area contributed by atoms with Gasteiger partial charge in [-0.3, -0.25) is 9.52 Å². The highest BCUT2D eigenvalue weighted by Crippen LogP contribution is 2.26. The normalized spacial score (nSPS) is 11.3. The van der Waals surface area contributed by atoms with Crippen LogP contribution < -0.4 is 4.72 Å². The number of benzene rings is 1. The zero-order chi connectivity index (χ0) is 15.6. The van der Waals surface area contributed by atoms with Gasteiger partial charge in [-0.25, -0.2) is 17.2 Å². The van der Waals surface area contributed by atoms with Crippen LogP contribution in [0.25, 0.3) is 0 Å². The molecule has 0 amide bonds. The maximum Gasteiger partial charge on any atom is 0.308 e. The van der Waals surface area contributed by atoms with Crippen molar-refractivity contribution in [2.45, 2.75) is 10.6 Å². The number of sulfonamides is 1. The Hall–Kier alpha value is -2.00. The third kappa shape index (κ3) is 3.56. The summed E-state index contributed by atoms with van der Waals surface area (Å²) in [4.78, 5) is 10.9. The second-order valence-corrected chi connectivity index (χ2v) is 7.08. The molecule has 0 aliphatic heterocycles. The molecule has 0 unspecified atom stereocenters. The molecule has 0 aliphatic rings. The van der Waals surface area contributed by atoms with E-state index in [4.69, 9.17) is 5.11 Å². The Morgan fingerprint density at radius 2 is 1.95 bits per heavy atom. The molecule has 2 aromatic rings. The van der Waals surface area contributed by atoms with Crippen molar-refractivity contribution in [1.29, 1.82) is 0 Å². The highest BCUT2D eigenvalue weighted by molar-refractivity contribution is 7.94. The highest BCUT2D eigenvalue weighted by Gasteiger charge is 2.20. The van der Waals surface area contributed by atoms with Crippen molar-refractivity contribution >= 4 is 33.0 Å². The number of hydrogen-bond donors (Lipinski definition) is 2. The lowest BCUT2D eigenvalue weighted by Crippen LogP contribution is -2.13. The van der Waals surface area contributed by atoms with E-state index in [1.165, 1.54) is 18.2 Å². The van der Waals surface area contributed by atoms with Gasteiger partial charge >= 0.3 is 5.97 Å². The van der Waals surface area contributed by atoms with Gasteiger partial charge in [0.1, 0.15) is 4.21 Å². The smallest absolute Gasteiger partial charge is 0.308 e. The van der Waals surface area contributed by atoms with Crippen LogP contribution >= 0.6 is 11.3 Å². The second kappa shape index (κ2) is 5.78. The predicted octanol–water partition coefficient (Wildman–Crippen LogP) is 2.45. The third-order valence-corrected chi connectivity index (χ3v) is 5.37. The van der Waals surface area contributed by atoms with Crippen LogP contribution in [0, 0.1) is 11.6 Å². The van der Waals surface area contributed by atoms with Gasteiger partial charge in [-0.05, 0) is 24.3 Å². The lowest BCUT2D eigenvalue weighted by molar-refractivity contribution is -0.136. The summed E-state index contributed by atoms with van der Waals surface area (Å²) in [6, 6.07) is 5.68. The predicted molar refractivity (Wildman–Crippen MR) is 72.8 cm³/mol. The van der Waals surface area contributed by atoms with Crippen LogP contribution in [0.2, 0.25) is 0 Å². The minimum absolute atomic E-state index is 0.178. The number of carboxylic acid groups (broad SMARTS) is 1. The summed E-state index contributed by atoms with van der Waals surface area (Å²) in [5.74, 6) is -3.57. The number of halogens is 2. The number of carboxylic acids is 1. The van der Waals surface area contributed by atoms with E-state index in [0.29, 0.717) is 4.88 Å². The average molecular weight is 333 g/mol. The fraction of sp³-hybridized carbons (Fsp3) is 0.0833. The van der Waals surface area contributed by atoms with Crippen molar-refractivity contribution in [3.63, 3.8) is 0 Å². The van der Waals surface area contributed by atoms with Gasteiger partial charge in [-0.2, -0.15) is 0 Å². The fourth-order valence-corrected chi connectivity index (χ4v) is 3.93. The van der Waals surface area contributed by atoms with Crippen molar-refractivity contribution < 1.29 is 27.1 Å². The Balaban J connectivity index is 2.28. The molecule has 112 valence electrons. The number of carbonyl (C=O) groups is 1. The molecule has 5 nitrogen and oxygen atoms in total. The van der Waals surface area contributed by atoms with Crippen molar-refractivity contribution in [2.75, 3.05) is 4.72 Å². The van der Waals surface area contributed by atoms with Crippen LogP contribution in [0.1, 0.15) is 4.88 Å². The number of aliphatic carboxylic acids is 1. The SMILES string of the molecule is O=C(O)Cc1ccc(S(=O)(=O)Nc2cccc(F)c2F)s1. The molecular weight excluding hydrogens is 324 g/mol. The molecule has 1 aromatic carbocycles. The molecule has 0 bridgehead atoms. The first-order valence-corrected chi connectivity index (χ1v) is 7.87. The number of thiophene rings is 1. The van der Waals surface area contributed by atoms with Gasteiger partial charge < -0.3 is 5.11 Å². The van der Waals surface area contributed by atoms with Gasteiger partial charge in [-0.15, -0.1) is 11.3 Å². The molecular formula is C12H9F2NO4S2. The minimum Gasteiger partial charge on any atom is -0.481 e. The van der Waals surface area contributed by atoms with E-state index >= 15 is 0 Å². The van der Waals surface area contributed by atoms with Crippen molar-refractivity contribution in [1.82, 2.24) is 0 Å². The largest absolute Gasteiger partial charge is 0.481 e. The van der Waals surface area contributed by atoms with Crippen LogP contribution in [0.3, 0.4) is 0 Å². The third-order valence-electron chi connectivity index (χ3n) is 2.42. The van der Waals surface area contributed by atoms with Crippen LogP contribution in [0.4, 0.5) is 14.5 Å². The van der Waals surface area contributed by atoms with E-state index < -0.39 is 33.3 Å². The monoisotopic (exact) mass is 333 g/mol. The first kappa shape index (κ1) is 15.4. The summed E-state index contributed by atoms with van der Waals surface area (Å²) in [7, 11) is -4.10. The molecule has 0 saturated heterocycles. The molecule has 2 rings (SSSR count). The van der Waals surface area contributed by atoms with E-state index in [1.807, 2.05) is 4.72 Å². The number of rotatable bonds is 5. The minimum atomic E-state index is -4.10. The van der Waals surface area contributed by atoms with E-state index in [1.54, 1.807) is 0 Å². The van der Waals surface area contributed by atoms with Crippen LogP contribution in [0.5, 0.6) is 0 Å². The maximum atomic E-state index is 13.4. The molecule has 0 fully saturated rings. The first-order valence-electron chi connectivity index (χ1n) is 5.57. The zero-order valence-electron chi connectivity index (χ0n) is 10.3. The van der Waals surface area contributed by atoms with Crippen LogP contribution in [-0.2, 0) is 21.2 Å². The van der Waals surface area contributed by atoms with Crippen molar-refractivity contribution in [3.8, 4) is 0 Å². The summed E-state index contributed by atoms with van der Waals surface area (Å²) in [5, 5.41) is 8.63. The molecule has 2 N–H and O–H groups in total. The van der Waals surface area contributed by atoms with E-state index in [0.717, 1.165) is 23.5 Å². The summed E-state index contributed by atoms with van der Waals surface area (Å²) < 4.78 is 52.3. The topological polar surface area (TPSA) is 83.5 Å². The van der Waals surface area contributed by atoms with Gasteiger partial charge in [-0.1, -0.05) is 6.07 Å². The van der Waals surface area contributed by atoms with Gasteiger partial charge in [0.2, 0.25) is 0 Å². The van der Waals surface area contributed by atoms with Crippen molar-refractivity contribution in [2.24, 2.45) is 0 Å². The molecule has 0 spiro atoms. The van der Waals surface area contributed by atoms with Gasteiger partial charge in [0.25, 0.3) is 10.0 Å². The summed E-state index contributed by atoms with van der Waals surface area (Å²) in [6.07, 6.45) is -0.311. The summed E-state index contributed by atoms with van der Waals surface area (Å²) >= 11 is 0.750. The lowest BCUT2D eigenvalue weighted by atomic mass is 10.3. The second-order valence-electron chi connectivity index (χ2n) is 4.00. The fourth-order valence-electron chi connectivity index (χ4n) is 1.52. The van der Waals surface area contributed by atoms with Gasteiger partial charge in [0.05, 0.1) is 12.1 Å². The Bertz CT molecular complexity index is 786. The average Bonchev–Trinajstić information content (AvgIpc) is 2.83. The lowest BCUT2D eigenvalue weighted by Gasteiger charge is -2.07.